The predicted octanol–water partition coefficient (Wildman–Crippen LogP) is 1.56. The molecule has 2 rings (SSSR count). The second kappa shape index (κ2) is 7.95. The van der Waals surface area contributed by atoms with Gasteiger partial charge in [-0.05, 0) is 19.1 Å². The van der Waals surface area contributed by atoms with Gasteiger partial charge in [0.25, 0.3) is 0 Å². The number of methoxy groups -OCH3 is 1. The first-order chi connectivity index (χ1) is 10.6. The number of benzene rings is 1. The number of anilines is 1. The number of carbonyl (C=O) groups excluding carboxylic acids is 2. The number of hydrogen-bond acceptors (Lipinski definition) is 5. The van der Waals surface area contributed by atoms with E-state index in [1.807, 2.05) is 31.2 Å². The van der Waals surface area contributed by atoms with Gasteiger partial charge < -0.3 is 15.4 Å². The quantitative estimate of drug-likeness (QED) is 0.779. The lowest BCUT2D eigenvalue weighted by molar-refractivity contribution is -0.122. The number of nitrogens with zero attached hydrogens (tertiary/aromatic N) is 1. The fraction of sp³-hybridized carbons (Fsp3) is 0.400. The van der Waals surface area contributed by atoms with Gasteiger partial charge in [-0.3, -0.25) is 14.6 Å². The van der Waals surface area contributed by atoms with Crippen LogP contribution >= 0.6 is 11.8 Å². The first-order valence-electron chi connectivity index (χ1n) is 6.96. The minimum absolute atomic E-state index is 0.119. The number of amides is 2. The zero-order valence-electron chi connectivity index (χ0n) is 12.6. The van der Waals surface area contributed by atoms with Crippen molar-refractivity contribution in [1.82, 2.24) is 5.32 Å². The highest BCUT2D eigenvalue weighted by molar-refractivity contribution is 8.15. The summed E-state index contributed by atoms with van der Waals surface area (Å²) in [5.41, 5.74) is 1.86. The van der Waals surface area contributed by atoms with Crippen molar-refractivity contribution < 1.29 is 14.3 Å². The van der Waals surface area contributed by atoms with E-state index in [1.165, 1.54) is 11.8 Å². The molecule has 1 heterocycles. The van der Waals surface area contributed by atoms with E-state index in [0.29, 0.717) is 18.3 Å². The van der Waals surface area contributed by atoms with Gasteiger partial charge in [-0.1, -0.05) is 29.5 Å². The highest BCUT2D eigenvalue weighted by atomic mass is 32.2. The van der Waals surface area contributed by atoms with Crippen LogP contribution in [-0.2, 0) is 14.3 Å². The van der Waals surface area contributed by atoms with Crippen molar-refractivity contribution in [3.63, 3.8) is 0 Å². The van der Waals surface area contributed by atoms with E-state index in [1.54, 1.807) is 7.11 Å². The summed E-state index contributed by atoms with van der Waals surface area (Å²) in [7, 11) is 1.60. The summed E-state index contributed by atoms with van der Waals surface area (Å²) in [6, 6.07) is 7.53. The van der Waals surface area contributed by atoms with E-state index in [-0.39, 0.29) is 18.2 Å². The molecule has 1 aliphatic heterocycles. The molecule has 1 fully saturated rings. The van der Waals surface area contributed by atoms with Gasteiger partial charge in [0.15, 0.2) is 5.17 Å². The average molecular weight is 321 g/mol. The molecule has 2 N–H and O–H groups in total. The molecular weight excluding hydrogens is 302 g/mol. The fourth-order valence-corrected chi connectivity index (χ4v) is 2.87. The monoisotopic (exact) mass is 321 g/mol. The predicted molar refractivity (Wildman–Crippen MR) is 88.1 cm³/mol. The van der Waals surface area contributed by atoms with Gasteiger partial charge >= 0.3 is 0 Å². The van der Waals surface area contributed by atoms with E-state index >= 15 is 0 Å². The lowest BCUT2D eigenvalue weighted by Gasteiger charge is -2.07. The third-order valence-electron chi connectivity index (χ3n) is 3.03. The minimum atomic E-state index is -0.438. The molecule has 6 nitrogen and oxygen atoms in total. The van der Waals surface area contributed by atoms with Gasteiger partial charge in [-0.2, -0.15) is 0 Å². The summed E-state index contributed by atoms with van der Waals surface area (Å²) >= 11 is 1.28. The van der Waals surface area contributed by atoms with Crippen molar-refractivity contribution in [1.29, 1.82) is 0 Å². The molecule has 22 heavy (non-hydrogen) atoms. The van der Waals surface area contributed by atoms with Crippen LogP contribution in [-0.4, -0.2) is 42.5 Å². The highest BCUT2D eigenvalue weighted by Crippen LogP contribution is 2.23. The Morgan fingerprint density at radius 3 is 2.82 bits per heavy atom. The highest BCUT2D eigenvalue weighted by Gasteiger charge is 2.31. The number of thioether (sulfide) groups is 1. The Balaban J connectivity index is 1.85. The molecule has 7 heteroatoms. The Labute approximate surface area is 133 Å². The van der Waals surface area contributed by atoms with Crippen molar-refractivity contribution >= 4 is 34.4 Å². The number of nitrogens with one attached hydrogen (secondary N) is 2. The normalized spacial score (nSPS) is 19.3. The molecule has 1 aromatic carbocycles. The number of rotatable bonds is 6. The molecule has 0 bridgehead atoms. The van der Waals surface area contributed by atoms with Crippen molar-refractivity contribution in [3.05, 3.63) is 29.8 Å². The van der Waals surface area contributed by atoms with Crippen LogP contribution < -0.4 is 10.6 Å². The summed E-state index contributed by atoms with van der Waals surface area (Å²) in [5.74, 6) is -0.366. The number of hydrogen-bond donors (Lipinski definition) is 2. The largest absolute Gasteiger partial charge is 0.383 e. The molecule has 1 saturated heterocycles. The van der Waals surface area contributed by atoms with Crippen molar-refractivity contribution in [2.45, 2.75) is 18.6 Å². The Morgan fingerprint density at radius 2 is 2.14 bits per heavy atom. The molecule has 0 spiro atoms. The molecule has 0 radical (unpaired) electrons. The summed E-state index contributed by atoms with van der Waals surface area (Å²) in [4.78, 5) is 28.0. The molecule has 0 aromatic heterocycles. The maximum atomic E-state index is 12.0. The van der Waals surface area contributed by atoms with Crippen LogP contribution in [0.25, 0.3) is 0 Å². The third kappa shape index (κ3) is 4.85. The first-order valence-corrected chi connectivity index (χ1v) is 7.84. The summed E-state index contributed by atoms with van der Waals surface area (Å²) < 4.78 is 4.90. The molecule has 1 aliphatic rings. The van der Waals surface area contributed by atoms with Gasteiger partial charge in [0.2, 0.25) is 11.8 Å². The Kier molecular flexibility index (Phi) is 5.97. The average Bonchev–Trinajstić information content (AvgIpc) is 2.82. The Hall–Kier alpha value is -1.86. The standard InChI is InChI=1S/C15H19N3O3S/c1-10-3-5-11(6-4-10)17-13(19)9-12-14(20)18-15(22-12)16-7-8-21-2/h3-6,12H,7-9H2,1-2H3,(H,17,19)(H,16,18,20)/t12-/m0/s1. The zero-order chi connectivity index (χ0) is 15.9. The smallest absolute Gasteiger partial charge is 0.240 e. The number of amidine groups is 1. The van der Waals surface area contributed by atoms with Crippen molar-refractivity contribution in [2.24, 2.45) is 4.99 Å². The van der Waals surface area contributed by atoms with Crippen LogP contribution in [0.5, 0.6) is 0 Å². The molecule has 1 aromatic rings. The molecule has 0 aliphatic carbocycles. The molecule has 0 unspecified atom stereocenters. The Bertz CT molecular complexity index is 572. The van der Waals surface area contributed by atoms with Gasteiger partial charge in [-0.25, -0.2) is 0 Å². The zero-order valence-corrected chi connectivity index (χ0v) is 13.4. The van der Waals surface area contributed by atoms with E-state index in [0.717, 1.165) is 11.3 Å². The van der Waals surface area contributed by atoms with E-state index in [2.05, 4.69) is 15.6 Å². The van der Waals surface area contributed by atoms with Crippen LogP contribution in [0.1, 0.15) is 12.0 Å². The second-order valence-corrected chi connectivity index (χ2v) is 6.09. The summed E-state index contributed by atoms with van der Waals surface area (Å²) in [6.07, 6.45) is 0.119. The molecule has 2 amide bonds. The molecule has 118 valence electrons. The number of carbonyl (C=O) groups is 2. The van der Waals surface area contributed by atoms with Crippen LogP contribution in [0, 0.1) is 6.92 Å². The summed E-state index contributed by atoms with van der Waals surface area (Å²) in [5, 5.41) is 5.58. The minimum Gasteiger partial charge on any atom is -0.383 e. The first kappa shape index (κ1) is 16.5. The summed E-state index contributed by atoms with van der Waals surface area (Å²) in [6.45, 7) is 2.97. The lowest BCUT2D eigenvalue weighted by Crippen LogP contribution is -2.28. The van der Waals surface area contributed by atoms with Gasteiger partial charge in [0, 0.05) is 19.2 Å². The van der Waals surface area contributed by atoms with E-state index in [4.69, 9.17) is 4.74 Å². The van der Waals surface area contributed by atoms with Crippen LogP contribution in [0.3, 0.4) is 0 Å². The fourth-order valence-electron chi connectivity index (χ4n) is 1.87. The van der Waals surface area contributed by atoms with E-state index in [9.17, 15) is 9.59 Å². The maximum Gasteiger partial charge on any atom is 0.240 e. The van der Waals surface area contributed by atoms with Crippen molar-refractivity contribution in [2.75, 3.05) is 25.6 Å². The maximum absolute atomic E-state index is 12.0. The van der Waals surface area contributed by atoms with Crippen LogP contribution in [0.15, 0.2) is 29.3 Å². The molecule has 0 saturated carbocycles. The van der Waals surface area contributed by atoms with Gasteiger partial charge in [0.1, 0.15) is 5.25 Å². The third-order valence-corrected chi connectivity index (χ3v) is 4.15. The van der Waals surface area contributed by atoms with Crippen LogP contribution in [0.4, 0.5) is 5.69 Å². The number of aliphatic imine (C=N–C) groups is 1. The molecular formula is C15H19N3O3S. The topological polar surface area (TPSA) is 79.8 Å². The SMILES string of the molecule is COCCN=C1NC(=O)[C@H](CC(=O)Nc2ccc(C)cc2)S1. The number of ether oxygens (including phenoxy) is 1. The van der Waals surface area contributed by atoms with Crippen molar-refractivity contribution in [3.8, 4) is 0 Å². The van der Waals surface area contributed by atoms with E-state index < -0.39 is 5.25 Å². The van der Waals surface area contributed by atoms with Gasteiger partial charge in [0.05, 0.1) is 13.2 Å². The van der Waals surface area contributed by atoms with Gasteiger partial charge in [-0.15, -0.1) is 0 Å². The second-order valence-electron chi connectivity index (χ2n) is 4.89. The van der Waals surface area contributed by atoms with Crippen LogP contribution in [0.2, 0.25) is 0 Å². The Morgan fingerprint density at radius 1 is 1.41 bits per heavy atom. The lowest BCUT2D eigenvalue weighted by atomic mass is 10.2. The molecule has 1 atom stereocenters. The number of aryl methyl sites for hydroxylation is 1.